The first-order chi connectivity index (χ1) is 8.88. The zero-order valence-corrected chi connectivity index (χ0v) is 11.5. The molecule has 10 heteroatoms. The summed E-state index contributed by atoms with van der Waals surface area (Å²) in [6, 6.07) is 5.97. The van der Waals surface area contributed by atoms with Gasteiger partial charge in [-0.2, -0.15) is 15.0 Å². The Morgan fingerprint density at radius 1 is 1.05 bits per heavy atom. The molecular weight excluding hydrogens is 313 g/mol. The third-order valence-corrected chi connectivity index (χ3v) is 3.76. The van der Waals surface area contributed by atoms with Gasteiger partial charge in [0, 0.05) is 0 Å². The van der Waals surface area contributed by atoms with Gasteiger partial charge in [0.25, 0.3) is 10.0 Å². The highest BCUT2D eigenvalue weighted by atomic mass is 35.5. The van der Waals surface area contributed by atoms with Gasteiger partial charge in [-0.1, -0.05) is 12.1 Å². The van der Waals surface area contributed by atoms with Gasteiger partial charge in [-0.25, -0.2) is 13.1 Å². The Labute approximate surface area is 118 Å². The van der Waals surface area contributed by atoms with Crippen LogP contribution in [0.3, 0.4) is 0 Å². The van der Waals surface area contributed by atoms with Crippen molar-refractivity contribution in [1.82, 2.24) is 15.0 Å². The molecule has 0 saturated heterocycles. The summed E-state index contributed by atoms with van der Waals surface area (Å²) in [6.07, 6.45) is 0. The first-order valence-electron chi connectivity index (χ1n) is 4.83. The van der Waals surface area contributed by atoms with Crippen LogP contribution in [0.2, 0.25) is 10.6 Å². The molecule has 0 saturated carbocycles. The summed E-state index contributed by atoms with van der Waals surface area (Å²) in [5.74, 6) is -0.284. The minimum atomic E-state index is -3.92. The summed E-state index contributed by atoms with van der Waals surface area (Å²) in [7, 11) is -3.92. The lowest BCUT2D eigenvalue weighted by Crippen LogP contribution is -2.16. The van der Waals surface area contributed by atoms with Gasteiger partial charge in [-0.3, -0.25) is 0 Å². The van der Waals surface area contributed by atoms with Crippen LogP contribution in [-0.4, -0.2) is 23.4 Å². The number of para-hydroxylation sites is 1. The number of nitrogens with one attached hydrogen (secondary N) is 1. The van der Waals surface area contributed by atoms with E-state index in [-0.39, 0.29) is 27.1 Å². The molecule has 1 heterocycles. The molecule has 1 aromatic carbocycles. The Morgan fingerprint density at radius 3 is 2.21 bits per heavy atom. The number of sulfonamides is 1. The molecule has 2 aromatic rings. The van der Waals surface area contributed by atoms with Gasteiger partial charge >= 0.3 is 0 Å². The summed E-state index contributed by atoms with van der Waals surface area (Å²) in [5.41, 5.74) is 5.69. The SMILES string of the molecule is Nc1ccccc1S(=O)(=O)Nc1nc(Cl)nc(Cl)n1. The molecule has 3 N–H and O–H groups in total. The van der Waals surface area contributed by atoms with Gasteiger partial charge in [0.2, 0.25) is 16.5 Å². The van der Waals surface area contributed by atoms with E-state index in [1.165, 1.54) is 18.2 Å². The van der Waals surface area contributed by atoms with Crippen molar-refractivity contribution in [3.63, 3.8) is 0 Å². The van der Waals surface area contributed by atoms with E-state index in [0.29, 0.717) is 0 Å². The molecule has 0 fully saturated rings. The van der Waals surface area contributed by atoms with Crippen LogP contribution in [0.25, 0.3) is 0 Å². The normalized spacial score (nSPS) is 11.3. The standard InChI is InChI=1S/C9H7Cl2N5O2S/c10-7-13-8(11)15-9(14-7)16-19(17,18)6-4-2-1-3-5(6)12/h1-4H,12H2,(H,13,14,15,16). The monoisotopic (exact) mass is 319 g/mol. The topological polar surface area (TPSA) is 111 Å². The fourth-order valence-electron chi connectivity index (χ4n) is 1.27. The quantitative estimate of drug-likeness (QED) is 0.830. The fourth-order valence-corrected chi connectivity index (χ4v) is 2.71. The number of nitrogens with zero attached hydrogens (tertiary/aromatic N) is 3. The van der Waals surface area contributed by atoms with E-state index in [1.807, 2.05) is 0 Å². The Morgan fingerprint density at radius 2 is 1.63 bits per heavy atom. The molecule has 0 radical (unpaired) electrons. The summed E-state index contributed by atoms with van der Waals surface area (Å²) < 4.78 is 26.3. The molecule has 0 atom stereocenters. The molecule has 100 valence electrons. The first kappa shape index (κ1) is 13.8. The number of anilines is 2. The van der Waals surface area contributed by atoms with E-state index >= 15 is 0 Å². The van der Waals surface area contributed by atoms with Crippen LogP contribution in [0, 0.1) is 0 Å². The van der Waals surface area contributed by atoms with Crippen molar-refractivity contribution in [3.8, 4) is 0 Å². The second-order valence-electron chi connectivity index (χ2n) is 3.34. The number of hydrogen-bond donors (Lipinski definition) is 2. The average molecular weight is 320 g/mol. The molecule has 0 aliphatic rings. The molecule has 0 aliphatic heterocycles. The van der Waals surface area contributed by atoms with Gasteiger partial charge in [0.05, 0.1) is 5.69 Å². The lowest BCUT2D eigenvalue weighted by atomic mass is 10.3. The second kappa shape index (κ2) is 5.16. The van der Waals surface area contributed by atoms with Crippen molar-refractivity contribution in [2.45, 2.75) is 4.90 Å². The zero-order valence-electron chi connectivity index (χ0n) is 9.21. The fraction of sp³-hybridized carbons (Fsp3) is 0. The van der Waals surface area contributed by atoms with E-state index in [9.17, 15) is 8.42 Å². The molecule has 0 unspecified atom stereocenters. The van der Waals surface area contributed by atoms with E-state index < -0.39 is 10.0 Å². The van der Waals surface area contributed by atoms with E-state index in [2.05, 4.69) is 19.7 Å². The predicted molar refractivity (Wildman–Crippen MR) is 71.5 cm³/mol. The maximum absolute atomic E-state index is 12.1. The highest BCUT2D eigenvalue weighted by Gasteiger charge is 2.19. The zero-order chi connectivity index (χ0) is 14.0. The van der Waals surface area contributed by atoms with Gasteiger partial charge in [-0.05, 0) is 35.3 Å². The molecule has 0 spiro atoms. The molecule has 2 rings (SSSR count). The van der Waals surface area contributed by atoms with Crippen LogP contribution in [-0.2, 0) is 10.0 Å². The van der Waals surface area contributed by atoms with Crippen molar-refractivity contribution in [2.75, 3.05) is 10.5 Å². The van der Waals surface area contributed by atoms with E-state index in [0.717, 1.165) is 0 Å². The molecule has 1 aromatic heterocycles. The lowest BCUT2D eigenvalue weighted by molar-refractivity contribution is 0.601. The van der Waals surface area contributed by atoms with E-state index in [1.54, 1.807) is 6.07 Å². The summed E-state index contributed by atoms with van der Waals surface area (Å²) in [4.78, 5) is 10.6. The van der Waals surface area contributed by atoms with Crippen molar-refractivity contribution in [1.29, 1.82) is 0 Å². The minimum Gasteiger partial charge on any atom is -0.398 e. The van der Waals surface area contributed by atoms with Crippen LogP contribution in [0.15, 0.2) is 29.2 Å². The largest absolute Gasteiger partial charge is 0.398 e. The Bertz CT molecular complexity index is 702. The Balaban J connectivity index is 2.39. The summed E-state index contributed by atoms with van der Waals surface area (Å²) in [5, 5.41) is -0.447. The predicted octanol–water partition coefficient (Wildman–Crippen LogP) is 1.56. The average Bonchev–Trinajstić information content (AvgIpc) is 2.26. The molecule has 19 heavy (non-hydrogen) atoms. The number of benzene rings is 1. The number of hydrogen-bond acceptors (Lipinski definition) is 6. The Kier molecular flexibility index (Phi) is 3.74. The highest BCUT2D eigenvalue weighted by molar-refractivity contribution is 7.92. The van der Waals surface area contributed by atoms with E-state index in [4.69, 9.17) is 28.9 Å². The maximum atomic E-state index is 12.1. The number of halogens is 2. The van der Waals surface area contributed by atoms with Gasteiger partial charge in [0.15, 0.2) is 0 Å². The number of rotatable bonds is 3. The van der Waals surface area contributed by atoms with Crippen LogP contribution in [0.1, 0.15) is 0 Å². The molecule has 0 amide bonds. The lowest BCUT2D eigenvalue weighted by Gasteiger charge is -2.08. The number of nitrogen functional groups attached to an aromatic ring is 1. The molecule has 7 nitrogen and oxygen atoms in total. The second-order valence-corrected chi connectivity index (χ2v) is 5.67. The highest BCUT2D eigenvalue weighted by Crippen LogP contribution is 2.20. The molecule has 0 bridgehead atoms. The number of aromatic nitrogens is 3. The molecular formula is C9H7Cl2N5O2S. The smallest absolute Gasteiger partial charge is 0.266 e. The van der Waals surface area contributed by atoms with Crippen molar-refractivity contribution < 1.29 is 8.42 Å². The van der Waals surface area contributed by atoms with Crippen LogP contribution >= 0.6 is 23.2 Å². The number of nitrogens with two attached hydrogens (primary N) is 1. The third-order valence-electron chi connectivity index (χ3n) is 2.02. The van der Waals surface area contributed by atoms with Gasteiger partial charge in [0.1, 0.15) is 4.90 Å². The van der Waals surface area contributed by atoms with Crippen molar-refractivity contribution in [2.24, 2.45) is 0 Å². The van der Waals surface area contributed by atoms with Crippen molar-refractivity contribution in [3.05, 3.63) is 34.8 Å². The molecule has 0 aliphatic carbocycles. The van der Waals surface area contributed by atoms with Crippen molar-refractivity contribution >= 4 is 44.9 Å². The summed E-state index contributed by atoms with van der Waals surface area (Å²) >= 11 is 11.1. The van der Waals surface area contributed by atoms with Crippen LogP contribution < -0.4 is 10.5 Å². The minimum absolute atomic E-state index is 0.0948. The summed E-state index contributed by atoms with van der Waals surface area (Å²) in [6.45, 7) is 0. The van der Waals surface area contributed by atoms with Crippen LogP contribution in [0.5, 0.6) is 0 Å². The maximum Gasteiger partial charge on any atom is 0.266 e. The first-order valence-corrected chi connectivity index (χ1v) is 7.07. The van der Waals surface area contributed by atoms with Crippen LogP contribution in [0.4, 0.5) is 11.6 Å². The van der Waals surface area contributed by atoms with Gasteiger partial charge < -0.3 is 5.73 Å². The third kappa shape index (κ3) is 3.22. The van der Waals surface area contributed by atoms with Gasteiger partial charge in [-0.15, -0.1) is 0 Å². The Hall–Kier alpha value is -1.64.